The molecule has 0 saturated carbocycles. The molecule has 0 unspecified atom stereocenters. The third-order valence-corrected chi connectivity index (χ3v) is 6.92. The Kier molecular flexibility index (Phi) is 2.80. The van der Waals surface area contributed by atoms with Crippen LogP contribution in [0, 0.1) is 0 Å². The Morgan fingerprint density at radius 2 is 2.46 bits per heavy atom. The molecule has 1 aliphatic carbocycles. The molecular weight excluding hydrogens is 247 g/mol. The second-order valence-corrected chi connectivity index (χ2v) is 7.77. The summed E-state index contributed by atoms with van der Waals surface area (Å²) < 4.78 is 3.16. The van der Waals surface area contributed by atoms with E-state index in [2.05, 4.69) is 42.3 Å². The van der Waals surface area contributed by atoms with E-state index < -0.39 is 16.0 Å². The molecule has 1 nitrogen and oxygen atoms in total. The Bertz CT molecular complexity index is 322. The van der Waals surface area contributed by atoms with E-state index in [1.54, 1.807) is 4.17 Å². The van der Waals surface area contributed by atoms with Gasteiger partial charge in [-0.15, -0.1) is 0 Å². The first kappa shape index (κ1) is 8.96. The van der Waals surface area contributed by atoms with Crippen LogP contribution in [0.1, 0.15) is 13.3 Å². The third-order valence-electron chi connectivity index (χ3n) is 2.02. The Labute approximate surface area is 84.5 Å². The van der Waals surface area contributed by atoms with Gasteiger partial charge < -0.3 is 0 Å². The van der Waals surface area contributed by atoms with E-state index in [1.165, 1.54) is 15.7 Å². The molecule has 2 heteroatoms. The summed E-state index contributed by atoms with van der Waals surface area (Å²) in [7, 11) is 0. The summed E-state index contributed by atoms with van der Waals surface area (Å²) in [6, 6.07) is 4.34. The Hall–Kier alpha value is -0.617. The fourth-order valence-electron chi connectivity index (χ4n) is 1.43. The minimum atomic E-state index is -0.877. The van der Waals surface area contributed by atoms with Gasteiger partial charge in [-0.25, -0.2) is 0 Å². The first-order valence-electron chi connectivity index (χ1n) is 4.52. The van der Waals surface area contributed by atoms with Gasteiger partial charge in [0, 0.05) is 0 Å². The van der Waals surface area contributed by atoms with Crippen LogP contribution in [0.15, 0.2) is 40.7 Å². The van der Waals surface area contributed by atoms with Crippen molar-refractivity contribution in [3.8, 4) is 0 Å². The van der Waals surface area contributed by atoms with Crippen molar-refractivity contribution in [3.05, 3.63) is 40.7 Å². The van der Waals surface area contributed by atoms with E-state index in [1.807, 2.05) is 6.20 Å². The van der Waals surface area contributed by atoms with Gasteiger partial charge in [-0.2, -0.15) is 0 Å². The van der Waals surface area contributed by atoms with Crippen LogP contribution in [-0.2, 0) is 16.0 Å². The van der Waals surface area contributed by atoms with Crippen molar-refractivity contribution in [3.63, 3.8) is 0 Å². The van der Waals surface area contributed by atoms with Crippen LogP contribution >= 0.6 is 0 Å². The van der Waals surface area contributed by atoms with Crippen LogP contribution in [0.3, 0.4) is 0 Å². The van der Waals surface area contributed by atoms with Crippen molar-refractivity contribution in [2.75, 3.05) is 0 Å². The fraction of sp³-hybridized carbons (Fsp3) is 0.273. The molecule has 2 rings (SSSR count). The zero-order valence-electron chi connectivity index (χ0n) is 7.73. The zero-order valence-corrected chi connectivity index (χ0v) is 9.47. The molecule has 1 aliphatic rings. The van der Waals surface area contributed by atoms with Gasteiger partial charge in [0.25, 0.3) is 0 Å². The molecule has 0 atom stereocenters. The molecule has 1 heterocycles. The Balaban J connectivity index is 2.19. The Morgan fingerprint density at radius 3 is 3.00 bits per heavy atom. The summed E-state index contributed by atoms with van der Waals surface area (Å²) in [6.45, 7) is 2.30. The number of allylic oxidation sites excluding steroid dienone is 4. The number of nitrogens with one attached hydrogen (secondary N) is 1. The average molecular weight is 261 g/mol. The fourth-order valence-corrected chi connectivity index (χ4v) is 5.60. The number of rotatable bonds is 3. The second-order valence-electron chi connectivity index (χ2n) is 2.82. The zero-order chi connectivity index (χ0) is 9.10. The molecule has 71 valence electrons. The monoisotopic (exact) mass is 262 g/mol. The molecule has 0 fully saturated rings. The summed E-state index contributed by atoms with van der Waals surface area (Å²) in [5.41, 5.74) is 0. The SMILES string of the molecule is C[CH2][Ru]([C]1=CC=CC1)[c]1ccc[nH]1. The quantitative estimate of drug-likeness (QED) is 0.805. The van der Waals surface area contributed by atoms with Gasteiger partial charge in [-0.05, 0) is 0 Å². The van der Waals surface area contributed by atoms with Crippen LogP contribution in [0.2, 0.25) is 5.02 Å². The molecule has 0 aromatic carbocycles. The predicted molar refractivity (Wildman–Crippen MR) is 52.7 cm³/mol. The molecule has 1 N–H and O–H groups in total. The van der Waals surface area contributed by atoms with Gasteiger partial charge in [0.05, 0.1) is 0 Å². The molecule has 0 saturated heterocycles. The summed E-state index contributed by atoms with van der Waals surface area (Å²) >= 11 is -0.877. The van der Waals surface area contributed by atoms with Crippen LogP contribution in [-0.4, -0.2) is 4.98 Å². The van der Waals surface area contributed by atoms with Gasteiger partial charge in [-0.1, -0.05) is 0 Å². The predicted octanol–water partition coefficient (Wildman–Crippen LogP) is 2.54. The van der Waals surface area contributed by atoms with Crippen LogP contribution in [0.4, 0.5) is 0 Å². The standard InChI is InChI=1S/C5H5.C4H4N.C2H5.Ru/c2*1-2-4-5-3-1;1-2;/h1-3H,4H2;1-3,5H;1H2,2H3;. The van der Waals surface area contributed by atoms with E-state index in [0.717, 1.165) is 0 Å². The normalized spacial score (nSPS) is 16.1. The third kappa shape index (κ3) is 1.83. The Morgan fingerprint density at radius 1 is 1.54 bits per heavy atom. The molecular formula is C11H14NRu. The molecule has 0 radical (unpaired) electrons. The molecule has 0 aliphatic heterocycles. The minimum absolute atomic E-state index is 0.877. The van der Waals surface area contributed by atoms with E-state index in [-0.39, 0.29) is 0 Å². The molecule has 1 aromatic heterocycles. The first-order valence-corrected chi connectivity index (χ1v) is 7.49. The van der Waals surface area contributed by atoms with Crippen molar-refractivity contribution in [1.82, 2.24) is 4.98 Å². The van der Waals surface area contributed by atoms with Crippen molar-refractivity contribution < 1.29 is 16.0 Å². The number of aromatic amines is 1. The maximum atomic E-state index is 3.36. The van der Waals surface area contributed by atoms with Gasteiger partial charge in [0.15, 0.2) is 0 Å². The van der Waals surface area contributed by atoms with Crippen molar-refractivity contribution in [2.24, 2.45) is 0 Å². The van der Waals surface area contributed by atoms with E-state index in [0.29, 0.717) is 0 Å². The topological polar surface area (TPSA) is 15.8 Å². The molecule has 0 amide bonds. The summed E-state index contributed by atoms with van der Waals surface area (Å²) in [5.74, 6) is 0. The van der Waals surface area contributed by atoms with Crippen LogP contribution < -0.4 is 4.29 Å². The second kappa shape index (κ2) is 4.06. The van der Waals surface area contributed by atoms with Gasteiger partial charge in [0.2, 0.25) is 0 Å². The maximum absolute atomic E-state index is 3.36. The number of hydrogen-bond donors (Lipinski definition) is 1. The van der Waals surface area contributed by atoms with Gasteiger partial charge >= 0.3 is 84.3 Å². The molecule has 1 aromatic rings. The van der Waals surface area contributed by atoms with Gasteiger partial charge in [0.1, 0.15) is 0 Å². The van der Waals surface area contributed by atoms with E-state index in [4.69, 9.17) is 0 Å². The van der Waals surface area contributed by atoms with Crippen LogP contribution in [0.25, 0.3) is 0 Å². The number of aromatic nitrogens is 1. The molecule has 13 heavy (non-hydrogen) atoms. The molecule has 0 bridgehead atoms. The summed E-state index contributed by atoms with van der Waals surface area (Å²) in [5, 5.41) is 1.32. The van der Waals surface area contributed by atoms with Crippen molar-refractivity contribution in [2.45, 2.75) is 18.4 Å². The van der Waals surface area contributed by atoms with E-state index >= 15 is 0 Å². The van der Waals surface area contributed by atoms with Gasteiger partial charge in [-0.3, -0.25) is 0 Å². The average Bonchev–Trinajstić information content (AvgIpc) is 2.76. The van der Waals surface area contributed by atoms with Crippen molar-refractivity contribution >= 4 is 4.29 Å². The number of H-pyrrole nitrogens is 1. The molecule has 0 spiro atoms. The summed E-state index contributed by atoms with van der Waals surface area (Å²) in [4.78, 5) is 3.36. The van der Waals surface area contributed by atoms with Crippen LogP contribution in [0.5, 0.6) is 0 Å². The summed E-state index contributed by atoms with van der Waals surface area (Å²) in [6.07, 6.45) is 9.98. The first-order chi connectivity index (χ1) is 6.42. The van der Waals surface area contributed by atoms with Crippen molar-refractivity contribution in [1.29, 1.82) is 0 Å². The van der Waals surface area contributed by atoms with E-state index in [9.17, 15) is 0 Å². The number of hydrogen-bond acceptors (Lipinski definition) is 0.